The molecule has 0 unspecified atom stereocenters. The van der Waals surface area contributed by atoms with E-state index in [4.69, 9.17) is 0 Å². The Hall–Kier alpha value is -1.92. The summed E-state index contributed by atoms with van der Waals surface area (Å²) in [7, 11) is 0. The van der Waals surface area contributed by atoms with Crippen LogP contribution >= 0.6 is 0 Å². The summed E-state index contributed by atoms with van der Waals surface area (Å²) >= 11 is 0. The number of hydrogen-bond acceptors (Lipinski definition) is 3. The van der Waals surface area contributed by atoms with Crippen LogP contribution in [0.1, 0.15) is 63.3 Å². The molecule has 1 saturated carbocycles. The van der Waals surface area contributed by atoms with Crippen molar-refractivity contribution in [1.29, 1.82) is 0 Å². The number of aromatic nitrogens is 1. The fraction of sp³-hybridized carbons (Fsp3) is 0.611. The quantitative estimate of drug-likeness (QED) is 0.700. The molecule has 0 spiro atoms. The highest BCUT2D eigenvalue weighted by Crippen LogP contribution is 2.30. The zero-order valence-electron chi connectivity index (χ0n) is 14.9. The first-order valence-corrected chi connectivity index (χ1v) is 8.59. The highest BCUT2D eigenvalue weighted by atomic mass is 19.4. The molecule has 2 heterocycles. The minimum atomic E-state index is -4.39. The molecule has 0 aromatic carbocycles. The Bertz CT molecular complexity index is 592. The highest BCUT2D eigenvalue weighted by molar-refractivity contribution is 5.80. The maximum Gasteiger partial charge on any atom is 0.417 e. The topological polar surface area (TPSA) is 50.3 Å². The second-order valence-corrected chi connectivity index (χ2v) is 5.76. The molecular formula is C18H25F3N2O2. The zero-order valence-corrected chi connectivity index (χ0v) is 14.9. The second-order valence-electron chi connectivity index (χ2n) is 5.76. The van der Waals surface area contributed by atoms with Crippen LogP contribution in [0.4, 0.5) is 13.2 Å². The number of Topliss-reactive ketones (excluding diaryl/α,β-unsaturated/α-hetero) is 1. The Balaban J connectivity index is 0.000000326. The predicted molar refractivity (Wildman–Crippen MR) is 88.9 cm³/mol. The van der Waals surface area contributed by atoms with Crippen molar-refractivity contribution in [3.63, 3.8) is 0 Å². The van der Waals surface area contributed by atoms with Crippen LogP contribution in [0.5, 0.6) is 0 Å². The number of fused-ring (bicyclic) bond motifs is 1. The fourth-order valence-electron chi connectivity index (χ4n) is 2.62. The Morgan fingerprint density at radius 3 is 2.20 bits per heavy atom. The molecule has 0 bridgehead atoms. The first-order valence-electron chi connectivity index (χ1n) is 8.59. The van der Waals surface area contributed by atoms with Gasteiger partial charge in [-0.1, -0.05) is 13.8 Å². The molecule has 1 aromatic heterocycles. The standard InChI is InChI=1S/C11H11F3N2O.C5H8O.C2H6/c1-7(17)16-3-2-10-8(6-16)4-9(5-15-10)11(12,13)14;6-5-3-1-2-4-5;1-2/h4-5H,2-3,6H2,1H3;1-4H2;1-2H3. The summed E-state index contributed by atoms with van der Waals surface area (Å²) in [4.78, 5) is 26.8. The number of nitrogens with zero attached hydrogens (tertiary/aromatic N) is 2. The van der Waals surface area contributed by atoms with E-state index in [1.165, 1.54) is 11.8 Å². The van der Waals surface area contributed by atoms with Crippen molar-refractivity contribution >= 4 is 11.7 Å². The molecule has 4 nitrogen and oxygen atoms in total. The third-order valence-electron chi connectivity index (χ3n) is 3.97. The predicted octanol–water partition coefficient (Wildman–Crippen LogP) is 4.16. The van der Waals surface area contributed by atoms with Gasteiger partial charge in [0.25, 0.3) is 0 Å². The van der Waals surface area contributed by atoms with Gasteiger partial charge < -0.3 is 4.90 Å². The SMILES string of the molecule is CC.CC(=O)N1CCc2ncc(C(F)(F)F)cc2C1.O=C1CCCC1. The molecule has 1 aliphatic heterocycles. The number of pyridine rings is 1. The molecule has 2 aliphatic rings. The van der Waals surface area contributed by atoms with E-state index in [-0.39, 0.29) is 12.5 Å². The van der Waals surface area contributed by atoms with E-state index >= 15 is 0 Å². The number of hydrogen-bond donors (Lipinski definition) is 0. The molecule has 0 N–H and O–H groups in total. The Labute approximate surface area is 146 Å². The number of carbonyl (C=O) groups excluding carboxylic acids is 2. The fourth-order valence-corrected chi connectivity index (χ4v) is 2.62. The average Bonchev–Trinajstić information content (AvgIpc) is 3.06. The van der Waals surface area contributed by atoms with Gasteiger partial charge in [0, 0.05) is 51.2 Å². The van der Waals surface area contributed by atoms with Gasteiger partial charge in [0.15, 0.2) is 0 Å². The van der Waals surface area contributed by atoms with Crippen LogP contribution < -0.4 is 0 Å². The maximum atomic E-state index is 12.5. The minimum Gasteiger partial charge on any atom is -0.338 e. The van der Waals surface area contributed by atoms with E-state index in [0.29, 0.717) is 30.0 Å². The van der Waals surface area contributed by atoms with Gasteiger partial charge in [-0.3, -0.25) is 14.6 Å². The normalized spacial score (nSPS) is 16.2. The minimum absolute atomic E-state index is 0.131. The van der Waals surface area contributed by atoms with Crippen molar-refractivity contribution in [2.75, 3.05) is 6.54 Å². The summed E-state index contributed by atoms with van der Waals surface area (Å²) in [5.41, 5.74) is 0.374. The van der Waals surface area contributed by atoms with Crippen molar-refractivity contribution in [1.82, 2.24) is 9.88 Å². The van der Waals surface area contributed by atoms with Gasteiger partial charge in [0.05, 0.1) is 5.56 Å². The maximum absolute atomic E-state index is 12.5. The summed E-state index contributed by atoms with van der Waals surface area (Å²) in [6.07, 6.45) is 0.938. The summed E-state index contributed by atoms with van der Waals surface area (Å²) in [5, 5.41) is 0. The summed E-state index contributed by atoms with van der Waals surface area (Å²) < 4.78 is 37.5. The summed E-state index contributed by atoms with van der Waals surface area (Å²) in [6.45, 7) is 6.13. The largest absolute Gasteiger partial charge is 0.417 e. The van der Waals surface area contributed by atoms with Gasteiger partial charge in [0.1, 0.15) is 5.78 Å². The number of alkyl halides is 3. The molecule has 3 rings (SSSR count). The molecule has 25 heavy (non-hydrogen) atoms. The van der Waals surface area contributed by atoms with E-state index in [9.17, 15) is 22.8 Å². The van der Waals surface area contributed by atoms with Crippen LogP contribution in [0.2, 0.25) is 0 Å². The molecule has 1 amide bonds. The zero-order chi connectivity index (χ0) is 19.0. The Morgan fingerprint density at radius 2 is 1.76 bits per heavy atom. The van der Waals surface area contributed by atoms with Crippen LogP contribution in [-0.2, 0) is 28.7 Å². The molecule has 0 radical (unpaired) electrons. The Morgan fingerprint density at radius 1 is 1.16 bits per heavy atom. The summed E-state index contributed by atoms with van der Waals surface area (Å²) in [6, 6.07) is 1.08. The van der Waals surface area contributed by atoms with Crippen LogP contribution in [0.3, 0.4) is 0 Å². The molecule has 1 aromatic rings. The second kappa shape index (κ2) is 9.53. The lowest BCUT2D eigenvalue weighted by Gasteiger charge is -2.27. The third-order valence-corrected chi connectivity index (χ3v) is 3.97. The van der Waals surface area contributed by atoms with Crippen LogP contribution in [0.15, 0.2) is 12.3 Å². The molecule has 0 saturated heterocycles. The van der Waals surface area contributed by atoms with Gasteiger partial charge in [-0.15, -0.1) is 0 Å². The van der Waals surface area contributed by atoms with Gasteiger partial charge in [-0.2, -0.15) is 13.2 Å². The molecular weight excluding hydrogens is 333 g/mol. The van der Waals surface area contributed by atoms with E-state index in [1.54, 1.807) is 0 Å². The van der Waals surface area contributed by atoms with E-state index in [1.807, 2.05) is 13.8 Å². The molecule has 0 atom stereocenters. The van der Waals surface area contributed by atoms with Crippen molar-refractivity contribution in [2.24, 2.45) is 0 Å². The number of carbonyl (C=O) groups is 2. The lowest BCUT2D eigenvalue weighted by molar-refractivity contribution is -0.138. The highest BCUT2D eigenvalue weighted by Gasteiger charge is 2.32. The van der Waals surface area contributed by atoms with E-state index < -0.39 is 11.7 Å². The van der Waals surface area contributed by atoms with Gasteiger partial charge in [0.2, 0.25) is 5.91 Å². The van der Waals surface area contributed by atoms with Crippen molar-refractivity contribution in [3.8, 4) is 0 Å². The number of ketones is 1. The van der Waals surface area contributed by atoms with Crippen LogP contribution in [0, 0.1) is 0 Å². The van der Waals surface area contributed by atoms with E-state index in [2.05, 4.69) is 4.98 Å². The van der Waals surface area contributed by atoms with Crippen LogP contribution in [0.25, 0.3) is 0 Å². The molecule has 1 aliphatic carbocycles. The smallest absolute Gasteiger partial charge is 0.338 e. The van der Waals surface area contributed by atoms with E-state index in [0.717, 1.165) is 37.9 Å². The van der Waals surface area contributed by atoms with Gasteiger partial charge >= 0.3 is 6.18 Å². The molecule has 1 fully saturated rings. The number of amides is 1. The lowest BCUT2D eigenvalue weighted by Crippen LogP contribution is -2.34. The van der Waals surface area contributed by atoms with Gasteiger partial charge in [-0.05, 0) is 24.5 Å². The molecule has 140 valence electrons. The third kappa shape index (κ3) is 6.48. The van der Waals surface area contributed by atoms with Crippen LogP contribution in [-0.4, -0.2) is 28.1 Å². The Kier molecular flexibility index (Phi) is 8.06. The van der Waals surface area contributed by atoms with Crippen molar-refractivity contribution in [2.45, 2.75) is 65.6 Å². The molecule has 7 heteroatoms. The summed E-state index contributed by atoms with van der Waals surface area (Å²) in [5.74, 6) is 0.322. The lowest BCUT2D eigenvalue weighted by atomic mass is 10.0. The van der Waals surface area contributed by atoms with Crippen molar-refractivity contribution < 1.29 is 22.8 Å². The first-order chi connectivity index (χ1) is 11.8. The number of halogens is 3. The number of rotatable bonds is 0. The van der Waals surface area contributed by atoms with Crippen molar-refractivity contribution in [3.05, 3.63) is 29.1 Å². The monoisotopic (exact) mass is 358 g/mol. The van der Waals surface area contributed by atoms with Gasteiger partial charge in [-0.25, -0.2) is 0 Å². The average molecular weight is 358 g/mol. The first kappa shape index (κ1) is 21.1.